The number of halogens is 1. The standard InChI is InChI=1S/C15H11ClN2O6/c16-10-6-7-11(18(22)23)13(12(10)14(19)20)17-15(21)24-8-9-4-2-1-3-5-9/h1-7H,8H2,(H,17,21)(H,19,20). The number of hydrogen-bond donors (Lipinski definition) is 2. The third-order valence-corrected chi connectivity index (χ3v) is 3.30. The maximum atomic E-state index is 11.9. The van der Waals surface area contributed by atoms with Gasteiger partial charge in [0.1, 0.15) is 17.9 Å². The molecule has 0 saturated carbocycles. The third-order valence-electron chi connectivity index (χ3n) is 2.98. The number of carbonyl (C=O) groups excluding carboxylic acids is 1. The minimum absolute atomic E-state index is 0.0799. The van der Waals surface area contributed by atoms with E-state index in [0.29, 0.717) is 5.56 Å². The molecule has 9 heteroatoms. The van der Waals surface area contributed by atoms with Gasteiger partial charge in [-0.2, -0.15) is 0 Å². The number of nitrogens with zero attached hydrogens (tertiary/aromatic N) is 1. The number of ether oxygens (including phenoxy) is 1. The number of nitro benzene ring substituents is 1. The second kappa shape index (κ2) is 7.42. The lowest BCUT2D eigenvalue weighted by atomic mass is 10.1. The maximum absolute atomic E-state index is 11.9. The average Bonchev–Trinajstić information content (AvgIpc) is 2.53. The minimum Gasteiger partial charge on any atom is -0.478 e. The number of carboxylic acids is 1. The van der Waals surface area contributed by atoms with Crippen molar-refractivity contribution in [1.29, 1.82) is 0 Å². The van der Waals surface area contributed by atoms with Crippen molar-refractivity contribution in [1.82, 2.24) is 0 Å². The van der Waals surface area contributed by atoms with Crippen LogP contribution in [-0.2, 0) is 11.3 Å². The summed E-state index contributed by atoms with van der Waals surface area (Å²) in [6.45, 7) is -0.0799. The highest BCUT2D eigenvalue weighted by Gasteiger charge is 2.26. The highest BCUT2D eigenvalue weighted by molar-refractivity contribution is 6.34. The van der Waals surface area contributed by atoms with Crippen molar-refractivity contribution in [3.63, 3.8) is 0 Å². The summed E-state index contributed by atoms with van der Waals surface area (Å²) < 4.78 is 4.93. The molecule has 0 radical (unpaired) electrons. The van der Waals surface area contributed by atoms with Crippen molar-refractivity contribution in [3.8, 4) is 0 Å². The summed E-state index contributed by atoms with van der Waals surface area (Å²) in [7, 11) is 0. The first kappa shape index (κ1) is 17.2. The van der Waals surface area contributed by atoms with Crippen molar-refractivity contribution >= 4 is 35.0 Å². The van der Waals surface area contributed by atoms with Crippen LogP contribution in [0.2, 0.25) is 5.02 Å². The van der Waals surface area contributed by atoms with E-state index in [-0.39, 0.29) is 11.6 Å². The molecule has 0 heterocycles. The van der Waals surface area contributed by atoms with E-state index in [2.05, 4.69) is 5.32 Å². The van der Waals surface area contributed by atoms with Crippen molar-refractivity contribution in [3.05, 3.63) is 68.7 Å². The Hall–Kier alpha value is -3.13. The lowest BCUT2D eigenvalue weighted by molar-refractivity contribution is -0.383. The van der Waals surface area contributed by atoms with Crippen molar-refractivity contribution in [2.75, 3.05) is 5.32 Å². The Balaban J connectivity index is 2.24. The van der Waals surface area contributed by atoms with Gasteiger partial charge in [-0.25, -0.2) is 9.59 Å². The second-order valence-electron chi connectivity index (χ2n) is 4.57. The summed E-state index contributed by atoms with van der Waals surface area (Å²) >= 11 is 5.76. The molecule has 0 saturated heterocycles. The SMILES string of the molecule is O=C(Nc1c([N+](=O)[O-])ccc(Cl)c1C(=O)O)OCc1ccccc1. The molecule has 0 aliphatic heterocycles. The molecule has 0 aliphatic rings. The number of aromatic carboxylic acids is 1. The smallest absolute Gasteiger partial charge is 0.412 e. The van der Waals surface area contributed by atoms with Crippen LogP contribution in [0.15, 0.2) is 42.5 Å². The number of hydrogen-bond acceptors (Lipinski definition) is 5. The first-order chi connectivity index (χ1) is 11.4. The Morgan fingerprint density at radius 2 is 1.88 bits per heavy atom. The lowest BCUT2D eigenvalue weighted by Gasteiger charge is -2.11. The molecule has 1 amide bonds. The number of rotatable bonds is 5. The Morgan fingerprint density at radius 1 is 1.21 bits per heavy atom. The molecule has 0 fully saturated rings. The van der Waals surface area contributed by atoms with E-state index in [1.807, 2.05) is 0 Å². The van der Waals surface area contributed by atoms with Gasteiger partial charge in [0.05, 0.1) is 9.95 Å². The quantitative estimate of drug-likeness (QED) is 0.627. The van der Waals surface area contributed by atoms with Gasteiger partial charge in [0.15, 0.2) is 0 Å². The Labute approximate surface area is 140 Å². The van der Waals surface area contributed by atoms with Crippen LogP contribution >= 0.6 is 11.6 Å². The minimum atomic E-state index is -1.51. The highest BCUT2D eigenvalue weighted by Crippen LogP contribution is 2.33. The molecule has 24 heavy (non-hydrogen) atoms. The molecule has 2 N–H and O–H groups in total. The van der Waals surface area contributed by atoms with E-state index in [0.717, 1.165) is 12.1 Å². The fourth-order valence-electron chi connectivity index (χ4n) is 1.92. The third kappa shape index (κ3) is 3.99. The summed E-state index contributed by atoms with van der Waals surface area (Å²) in [5.41, 5.74) is -1.01. The van der Waals surface area contributed by atoms with Crippen LogP contribution in [0.5, 0.6) is 0 Å². The molecule has 0 unspecified atom stereocenters. The van der Waals surface area contributed by atoms with Gasteiger partial charge in [-0.05, 0) is 11.6 Å². The summed E-state index contributed by atoms with van der Waals surface area (Å²) in [6.07, 6.45) is -1.04. The van der Waals surface area contributed by atoms with Gasteiger partial charge >= 0.3 is 12.1 Å². The van der Waals surface area contributed by atoms with Gasteiger partial charge in [-0.1, -0.05) is 41.9 Å². The van der Waals surface area contributed by atoms with Crippen LogP contribution in [0, 0.1) is 10.1 Å². The van der Waals surface area contributed by atoms with Gasteiger partial charge in [-0.3, -0.25) is 15.4 Å². The number of carbonyl (C=O) groups is 2. The molecule has 2 aromatic rings. The zero-order chi connectivity index (χ0) is 17.7. The molecule has 124 valence electrons. The van der Waals surface area contributed by atoms with E-state index in [1.54, 1.807) is 30.3 Å². The Kier molecular flexibility index (Phi) is 5.33. The number of benzene rings is 2. The highest BCUT2D eigenvalue weighted by atomic mass is 35.5. The van der Waals surface area contributed by atoms with Crippen LogP contribution in [0.25, 0.3) is 0 Å². The maximum Gasteiger partial charge on any atom is 0.412 e. The average molecular weight is 351 g/mol. The number of nitrogens with one attached hydrogen (secondary N) is 1. The fourth-order valence-corrected chi connectivity index (χ4v) is 2.15. The van der Waals surface area contributed by atoms with Gasteiger partial charge in [-0.15, -0.1) is 0 Å². The van der Waals surface area contributed by atoms with E-state index in [9.17, 15) is 24.8 Å². The van der Waals surface area contributed by atoms with Crippen LogP contribution < -0.4 is 5.32 Å². The summed E-state index contributed by atoms with van der Waals surface area (Å²) in [4.78, 5) is 33.4. The summed E-state index contributed by atoms with van der Waals surface area (Å²) in [5.74, 6) is -1.51. The van der Waals surface area contributed by atoms with E-state index in [4.69, 9.17) is 16.3 Å². The summed E-state index contributed by atoms with van der Waals surface area (Å²) in [6, 6.07) is 10.8. The Bertz CT molecular complexity index is 794. The van der Waals surface area contributed by atoms with Gasteiger partial charge < -0.3 is 9.84 Å². The fraction of sp³-hybridized carbons (Fsp3) is 0.0667. The summed E-state index contributed by atoms with van der Waals surface area (Å²) in [5, 5.41) is 22.1. The largest absolute Gasteiger partial charge is 0.478 e. The van der Waals surface area contributed by atoms with E-state index >= 15 is 0 Å². The van der Waals surface area contributed by atoms with Gasteiger partial charge in [0, 0.05) is 6.07 Å². The van der Waals surface area contributed by atoms with Gasteiger partial charge in [0.2, 0.25) is 0 Å². The van der Waals surface area contributed by atoms with Crippen LogP contribution in [0.1, 0.15) is 15.9 Å². The van der Waals surface area contributed by atoms with E-state index < -0.39 is 33.9 Å². The Morgan fingerprint density at radius 3 is 2.46 bits per heavy atom. The van der Waals surface area contributed by atoms with E-state index in [1.165, 1.54) is 0 Å². The number of carboxylic acid groups (broad SMARTS) is 1. The monoisotopic (exact) mass is 350 g/mol. The number of amides is 1. The predicted octanol–water partition coefficient (Wildman–Crippen LogP) is 3.70. The first-order valence-corrected chi connectivity index (χ1v) is 6.96. The van der Waals surface area contributed by atoms with Crippen molar-refractivity contribution < 1.29 is 24.4 Å². The molecular formula is C15H11ClN2O6. The van der Waals surface area contributed by atoms with Crippen LogP contribution in [-0.4, -0.2) is 22.1 Å². The van der Waals surface area contributed by atoms with Crippen molar-refractivity contribution in [2.24, 2.45) is 0 Å². The van der Waals surface area contributed by atoms with Gasteiger partial charge in [0.25, 0.3) is 5.69 Å². The molecule has 2 rings (SSSR count). The van der Waals surface area contributed by atoms with Crippen molar-refractivity contribution in [2.45, 2.75) is 6.61 Å². The molecule has 8 nitrogen and oxygen atoms in total. The normalized spacial score (nSPS) is 10.0. The lowest BCUT2D eigenvalue weighted by Crippen LogP contribution is -2.17. The van der Waals surface area contributed by atoms with Crippen LogP contribution in [0.4, 0.5) is 16.2 Å². The molecular weight excluding hydrogens is 340 g/mol. The molecule has 0 atom stereocenters. The second-order valence-corrected chi connectivity index (χ2v) is 4.97. The zero-order valence-corrected chi connectivity index (χ0v) is 12.8. The van der Waals surface area contributed by atoms with Crippen LogP contribution in [0.3, 0.4) is 0 Å². The molecule has 2 aromatic carbocycles. The molecule has 0 spiro atoms. The molecule has 0 aromatic heterocycles. The topological polar surface area (TPSA) is 119 Å². The molecule has 0 aliphatic carbocycles. The zero-order valence-electron chi connectivity index (χ0n) is 12.1. The number of anilines is 1. The predicted molar refractivity (Wildman–Crippen MR) is 85.3 cm³/mol. The number of nitro groups is 1. The molecule has 0 bridgehead atoms. The first-order valence-electron chi connectivity index (χ1n) is 6.58.